The summed E-state index contributed by atoms with van der Waals surface area (Å²) in [6.07, 6.45) is 3.20. The van der Waals surface area contributed by atoms with E-state index in [1.165, 1.54) is 6.21 Å². The highest BCUT2D eigenvalue weighted by molar-refractivity contribution is 9.10. The second-order valence-corrected chi connectivity index (χ2v) is 8.82. The molecule has 0 saturated carbocycles. The fourth-order valence-electron chi connectivity index (χ4n) is 3.38. The van der Waals surface area contributed by atoms with Crippen molar-refractivity contribution >= 4 is 50.6 Å². The van der Waals surface area contributed by atoms with Crippen LogP contribution in [0.3, 0.4) is 0 Å². The van der Waals surface area contributed by atoms with Crippen LogP contribution in [0.4, 0.5) is 0 Å². The number of para-hydroxylation sites is 1. The first kappa shape index (κ1) is 25.5. The molecule has 0 radical (unpaired) electrons. The number of fused-ring (bicyclic) bond motifs is 1. The Morgan fingerprint density at radius 3 is 2.72 bits per heavy atom. The summed E-state index contributed by atoms with van der Waals surface area (Å²) in [6.45, 7) is 2.43. The fourth-order valence-corrected chi connectivity index (χ4v) is 4.14. The van der Waals surface area contributed by atoms with Crippen molar-refractivity contribution in [2.75, 3.05) is 13.2 Å². The van der Waals surface area contributed by atoms with Gasteiger partial charge >= 0.3 is 0 Å². The van der Waals surface area contributed by atoms with E-state index in [2.05, 4.69) is 31.4 Å². The third-order valence-corrected chi connectivity index (χ3v) is 5.98. The van der Waals surface area contributed by atoms with Crippen molar-refractivity contribution in [2.45, 2.75) is 13.5 Å². The summed E-state index contributed by atoms with van der Waals surface area (Å²) in [5, 5.41) is 5.60. The smallest absolute Gasteiger partial charge is 0.277 e. The number of aromatic nitrogens is 1. The van der Waals surface area contributed by atoms with Crippen LogP contribution in [0.15, 0.2) is 82.5 Å². The molecule has 0 fully saturated rings. The number of rotatable bonds is 10. The number of nitrogens with zero attached hydrogens (tertiary/aromatic N) is 2. The molecule has 0 atom stereocenters. The van der Waals surface area contributed by atoms with Gasteiger partial charge in [-0.2, -0.15) is 5.10 Å². The van der Waals surface area contributed by atoms with Crippen LogP contribution in [-0.4, -0.2) is 30.3 Å². The van der Waals surface area contributed by atoms with E-state index in [1.54, 1.807) is 18.3 Å². The maximum atomic E-state index is 12.2. The Balaban J connectivity index is 1.38. The molecule has 36 heavy (non-hydrogen) atoms. The molecule has 3 aromatic carbocycles. The monoisotopic (exact) mass is 567 g/mol. The lowest BCUT2D eigenvalue weighted by atomic mass is 10.2. The van der Waals surface area contributed by atoms with Gasteiger partial charge in [-0.3, -0.25) is 9.78 Å². The van der Waals surface area contributed by atoms with Crippen LogP contribution in [0.2, 0.25) is 5.02 Å². The number of carbonyl (C=O) groups is 1. The van der Waals surface area contributed by atoms with Crippen LogP contribution in [0.25, 0.3) is 10.9 Å². The number of pyridine rings is 1. The van der Waals surface area contributed by atoms with Gasteiger partial charge < -0.3 is 14.2 Å². The second kappa shape index (κ2) is 12.4. The van der Waals surface area contributed by atoms with E-state index >= 15 is 0 Å². The third-order valence-electron chi connectivity index (χ3n) is 5.02. The molecule has 0 aliphatic carbocycles. The van der Waals surface area contributed by atoms with Crippen LogP contribution < -0.4 is 19.6 Å². The van der Waals surface area contributed by atoms with E-state index in [1.807, 2.05) is 61.5 Å². The molecular formula is C27H23BrClN3O4. The molecule has 4 rings (SSSR count). The summed E-state index contributed by atoms with van der Waals surface area (Å²) in [7, 11) is 0. The van der Waals surface area contributed by atoms with Crippen molar-refractivity contribution in [3.63, 3.8) is 0 Å². The largest absolute Gasteiger partial charge is 0.490 e. The summed E-state index contributed by atoms with van der Waals surface area (Å²) in [5.41, 5.74) is 4.73. The topological polar surface area (TPSA) is 82.0 Å². The van der Waals surface area contributed by atoms with Gasteiger partial charge in [0.25, 0.3) is 5.91 Å². The number of ether oxygens (including phenoxy) is 3. The summed E-state index contributed by atoms with van der Waals surface area (Å²) < 4.78 is 18.1. The number of hydrazone groups is 1. The zero-order valence-corrected chi connectivity index (χ0v) is 21.8. The molecule has 4 aromatic rings. The van der Waals surface area contributed by atoms with Gasteiger partial charge in [0.1, 0.15) is 17.9 Å². The Morgan fingerprint density at radius 1 is 1.06 bits per heavy atom. The summed E-state index contributed by atoms with van der Waals surface area (Å²) >= 11 is 9.77. The molecular weight excluding hydrogens is 546 g/mol. The molecule has 0 spiro atoms. The van der Waals surface area contributed by atoms with Gasteiger partial charge in [0.2, 0.25) is 0 Å². The maximum Gasteiger partial charge on any atom is 0.277 e. The molecule has 1 aromatic heterocycles. The number of carbonyl (C=O) groups excluding carboxylic acids is 1. The van der Waals surface area contributed by atoms with Crippen molar-refractivity contribution in [2.24, 2.45) is 5.10 Å². The van der Waals surface area contributed by atoms with E-state index in [0.717, 1.165) is 10.9 Å². The van der Waals surface area contributed by atoms with E-state index < -0.39 is 5.91 Å². The number of nitrogens with one attached hydrogen (secondary N) is 1. The van der Waals surface area contributed by atoms with E-state index in [9.17, 15) is 4.79 Å². The SMILES string of the molecule is CCOc1cc(/C=N/NC(=O)COc2cccc3cccnc23)cc(Br)c1OCc1ccccc1Cl. The lowest BCUT2D eigenvalue weighted by Gasteiger charge is -2.15. The Hall–Kier alpha value is -3.62. The van der Waals surface area contributed by atoms with Crippen LogP contribution in [0, 0.1) is 0 Å². The number of benzene rings is 3. The average Bonchev–Trinajstić information content (AvgIpc) is 2.88. The first-order chi connectivity index (χ1) is 17.5. The maximum absolute atomic E-state index is 12.2. The molecule has 0 aliphatic heterocycles. The van der Waals surface area contributed by atoms with Crippen LogP contribution >= 0.6 is 27.5 Å². The van der Waals surface area contributed by atoms with Crippen LogP contribution in [-0.2, 0) is 11.4 Å². The molecule has 184 valence electrons. The van der Waals surface area contributed by atoms with E-state index in [4.69, 9.17) is 25.8 Å². The highest BCUT2D eigenvalue weighted by Gasteiger charge is 2.13. The molecule has 0 aliphatic rings. The zero-order valence-electron chi connectivity index (χ0n) is 19.4. The zero-order chi connectivity index (χ0) is 25.3. The highest BCUT2D eigenvalue weighted by atomic mass is 79.9. The van der Waals surface area contributed by atoms with Crippen molar-refractivity contribution in [3.8, 4) is 17.2 Å². The first-order valence-corrected chi connectivity index (χ1v) is 12.3. The minimum atomic E-state index is -0.400. The minimum absolute atomic E-state index is 0.199. The number of hydrogen-bond acceptors (Lipinski definition) is 6. The summed E-state index contributed by atoms with van der Waals surface area (Å²) in [4.78, 5) is 16.6. The molecule has 0 bridgehead atoms. The molecule has 9 heteroatoms. The summed E-state index contributed by atoms with van der Waals surface area (Å²) in [6, 6.07) is 20.4. The molecule has 1 heterocycles. The lowest BCUT2D eigenvalue weighted by Crippen LogP contribution is -2.24. The van der Waals surface area contributed by atoms with Gasteiger partial charge in [0, 0.05) is 22.2 Å². The molecule has 0 unspecified atom stereocenters. The predicted octanol–water partition coefficient (Wildman–Crippen LogP) is 6.16. The Morgan fingerprint density at radius 2 is 1.89 bits per heavy atom. The van der Waals surface area contributed by atoms with Crippen LogP contribution in [0.1, 0.15) is 18.1 Å². The van der Waals surface area contributed by atoms with Crippen molar-refractivity contribution in [1.29, 1.82) is 0 Å². The molecule has 0 saturated heterocycles. The van der Waals surface area contributed by atoms with Gasteiger partial charge in [-0.05, 0) is 58.7 Å². The van der Waals surface area contributed by atoms with Gasteiger partial charge in [0.05, 0.1) is 17.3 Å². The van der Waals surface area contributed by atoms with E-state index in [0.29, 0.717) is 44.4 Å². The molecule has 1 N–H and O–H groups in total. The number of amides is 1. The van der Waals surface area contributed by atoms with Crippen LogP contribution in [0.5, 0.6) is 17.2 Å². The predicted molar refractivity (Wildman–Crippen MR) is 144 cm³/mol. The lowest BCUT2D eigenvalue weighted by molar-refractivity contribution is -0.123. The third kappa shape index (κ3) is 6.53. The standard InChI is InChI=1S/C27H23BrClN3O4/c1-2-34-24-14-18(13-21(28)27(24)36-16-20-7-3-4-10-22(20)29)15-31-32-25(33)17-35-23-11-5-8-19-9-6-12-30-26(19)23/h3-15H,2,16-17H2,1H3,(H,32,33)/b31-15+. The van der Waals surface area contributed by atoms with E-state index in [-0.39, 0.29) is 13.2 Å². The molecule has 7 nitrogen and oxygen atoms in total. The first-order valence-electron chi connectivity index (χ1n) is 11.2. The van der Waals surface area contributed by atoms with Gasteiger partial charge in [0.15, 0.2) is 18.1 Å². The number of halogens is 2. The average molecular weight is 569 g/mol. The Bertz CT molecular complexity index is 1390. The second-order valence-electron chi connectivity index (χ2n) is 7.56. The summed E-state index contributed by atoms with van der Waals surface area (Å²) in [5.74, 6) is 1.22. The van der Waals surface area contributed by atoms with Gasteiger partial charge in [-0.1, -0.05) is 48.0 Å². The van der Waals surface area contributed by atoms with Gasteiger partial charge in [-0.25, -0.2) is 5.43 Å². The highest BCUT2D eigenvalue weighted by Crippen LogP contribution is 2.37. The van der Waals surface area contributed by atoms with Gasteiger partial charge in [-0.15, -0.1) is 0 Å². The molecule has 1 amide bonds. The quantitative estimate of drug-likeness (QED) is 0.183. The normalized spacial score (nSPS) is 11.0. The Kier molecular flexibility index (Phi) is 8.76. The minimum Gasteiger partial charge on any atom is -0.490 e. The number of hydrogen-bond donors (Lipinski definition) is 1. The fraction of sp³-hybridized carbons (Fsp3) is 0.148. The van der Waals surface area contributed by atoms with Crippen molar-refractivity contribution < 1.29 is 19.0 Å². The van der Waals surface area contributed by atoms with Crippen molar-refractivity contribution in [1.82, 2.24) is 10.4 Å². The van der Waals surface area contributed by atoms with Crippen molar-refractivity contribution in [3.05, 3.63) is 93.5 Å². The Labute approximate surface area is 222 Å².